The molecule has 4 nitrogen and oxygen atoms in total. The van der Waals surface area contributed by atoms with Gasteiger partial charge in [0.1, 0.15) is 0 Å². The van der Waals surface area contributed by atoms with Crippen molar-refractivity contribution in [2.75, 3.05) is 24.2 Å². The molecule has 0 spiro atoms. The molecule has 1 aliphatic carbocycles. The third-order valence-corrected chi connectivity index (χ3v) is 5.92. The number of halogens is 1. The minimum atomic E-state index is -3.16. The molecule has 1 heterocycles. The van der Waals surface area contributed by atoms with E-state index in [9.17, 15) is 8.42 Å². The molecule has 1 N–H and O–H groups in total. The normalized spacial score (nSPS) is 28.2. The summed E-state index contributed by atoms with van der Waals surface area (Å²) in [6.07, 6.45) is 3.97. The molecule has 1 saturated heterocycles. The summed E-state index contributed by atoms with van der Waals surface area (Å²) < 4.78 is 31.6. The average Bonchev–Trinajstić information content (AvgIpc) is 2.87. The van der Waals surface area contributed by atoms with Gasteiger partial charge in [-0.15, -0.1) is 0 Å². The molecular formula is C10H18BrNO3S. The predicted octanol–water partition coefficient (Wildman–Crippen LogP) is 1.26. The molecule has 1 unspecified atom stereocenters. The Hall–Kier alpha value is 0.350. The highest BCUT2D eigenvalue weighted by molar-refractivity contribution is 9.09. The molecule has 2 fully saturated rings. The van der Waals surface area contributed by atoms with Crippen molar-refractivity contribution in [3.63, 3.8) is 0 Å². The van der Waals surface area contributed by atoms with E-state index < -0.39 is 10.0 Å². The van der Waals surface area contributed by atoms with Gasteiger partial charge in [0, 0.05) is 18.5 Å². The molecule has 0 aromatic heterocycles. The van der Waals surface area contributed by atoms with E-state index in [1.165, 1.54) is 0 Å². The van der Waals surface area contributed by atoms with Crippen LogP contribution in [0.15, 0.2) is 0 Å². The fourth-order valence-electron chi connectivity index (χ4n) is 1.88. The molecule has 1 aliphatic heterocycles. The second-order valence-corrected chi connectivity index (χ2v) is 7.28. The van der Waals surface area contributed by atoms with Gasteiger partial charge in [0.2, 0.25) is 10.0 Å². The Kier molecular flexibility index (Phi) is 3.93. The van der Waals surface area contributed by atoms with Crippen LogP contribution in [0.1, 0.15) is 25.7 Å². The first-order chi connectivity index (χ1) is 7.55. The van der Waals surface area contributed by atoms with Crippen molar-refractivity contribution in [2.24, 2.45) is 5.41 Å². The van der Waals surface area contributed by atoms with Crippen LogP contribution in [0.2, 0.25) is 0 Å². The van der Waals surface area contributed by atoms with E-state index in [2.05, 4.69) is 20.7 Å². The standard InChI is InChI=1S/C10H18BrNO3S/c11-7-10(3-4-10)8-12-16(13,14)6-9-2-1-5-15-9/h9,12H,1-8H2. The summed E-state index contributed by atoms with van der Waals surface area (Å²) >= 11 is 3.43. The average molecular weight is 312 g/mol. The lowest BCUT2D eigenvalue weighted by molar-refractivity contribution is 0.127. The van der Waals surface area contributed by atoms with Gasteiger partial charge >= 0.3 is 0 Å². The van der Waals surface area contributed by atoms with E-state index in [1.54, 1.807) is 0 Å². The maximum absolute atomic E-state index is 11.8. The number of rotatable bonds is 6. The lowest BCUT2D eigenvalue weighted by Gasteiger charge is -2.15. The van der Waals surface area contributed by atoms with E-state index >= 15 is 0 Å². The Balaban J connectivity index is 1.78. The summed E-state index contributed by atoms with van der Waals surface area (Å²) in [5.41, 5.74) is 0.184. The van der Waals surface area contributed by atoms with E-state index in [1.807, 2.05) is 0 Å². The summed E-state index contributed by atoms with van der Waals surface area (Å²) in [5, 5.41) is 0.877. The molecular weight excluding hydrogens is 294 g/mol. The number of hydrogen-bond donors (Lipinski definition) is 1. The van der Waals surface area contributed by atoms with Crippen molar-refractivity contribution in [1.82, 2.24) is 4.72 Å². The molecule has 1 saturated carbocycles. The van der Waals surface area contributed by atoms with Gasteiger partial charge in [-0.25, -0.2) is 13.1 Å². The Morgan fingerprint density at radius 2 is 2.19 bits per heavy atom. The molecule has 0 bridgehead atoms. The van der Waals surface area contributed by atoms with E-state index in [4.69, 9.17) is 4.74 Å². The van der Waals surface area contributed by atoms with Crippen molar-refractivity contribution >= 4 is 26.0 Å². The van der Waals surface area contributed by atoms with Gasteiger partial charge in [0.15, 0.2) is 0 Å². The zero-order valence-electron chi connectivity index (χ0n) is 9.25. The Bertz CT molecular complexity index is 334. The third kappa shape index (κ3) is 3.42. The van der Waals surface area contributed by atoms with Gasteiger partial charge in [-0.2, -0.15) is 0 Å². The van der Waals surface area contributed by atoms with Crippen LogP contribution < -0.4 is 4.72 Å². The molecule has 16 heavy (non-hydrogen) atoms. The SMILES string of the molecule is O=S(=O)(CC1CCCO1)NCC1(CBr)CC1. The molecule has 2 aliphatic rings. The van der Waals surface area contributed by atoms with Gasteiger partial charge in [0.25, 0.3) is 0 Å². The van der Waals surface area contributed by atoms with Gasteiger partial charge < -0.3 is 4.74 Å². The zero-order valence-corrected chi connectivity index (χ0v) is 11.6. The number of sulfonamides is 1. The molecule has 6 heteroatoms. The van der Waals surface area contributed by atoms with Crippen molar-refractivity contribution in [3.05, 3.63) is 0 Å². The topological polar surface area (TPSA) is 55.4 Å². The predicted molar refractivity (Wildman–Crippen MR) is 66.2 cm³/mol. The first-order valence-corrected chi connectivity index (χ1v) is 8.48. The molecule has 0 aromatic rings. The summed E-state index contributed by atoms with van der Waals surface area (Å²) in [6, 6.07) is 0. The second-order valence-electron chi connectivity index (χ2n) is 4.87. The first-order valence-electron chi connectivity index (χ1n) is 5.70. The minimum absolute atomic E-state index is 0.100. The van der Waals surface area contributed by atoms with Crippen LogP contribution in [0.5, 0.6) is 0 Å². The number of ether oxygens (including phenoxy) is 1. The van der Waals surface area contributed by atoms with Crippen LogP contribution in [0.3, 0.4) is 0 Å². The Morgan fingerprint density at radius 3 is 2.69 bits per heavy atom. The van der Waals surface area contributed by atoms with Gasteiger partial charge in [0.05, 0.1) is 11.9 Å². The summed E-state index contributed by atoms with van der Waals surface area (Å²) in [4.78, 5) is 0. The number of nitrogens with one attached hydrogen (secondary N) is 1. The molecule has 94 valence electrons. The van der Waals surface area contributed by atoms with Gasteiger partial charge in [-0.05, 0) is 31.1 Å². The largest absolute Gasteiger partial charge is 0.377 e. The highest BCUT2D eigenvalue weighted by Crippen LogP contribution is 2.46. The van der Waals surface area contributed by atoms with Gasteiger partial charge in [-0.1, -0.05) is 15.9 Å². The summed E-state index contributed by atoms with van der Waals surface area (Å²) in [7, 11) is -3.16. The van der Waals surface area contributed by atoms with E-state index in [0.29, 0.717) is 13.2 Å². The zero-order chi connectivity index (χ0) is 11.6. The quantitative estimate of drug-likeness (QED) is 0.751. The summed E-state index contributed by atoms with van der Waals surface area (Å²) in [5.74, 6) is 0.116. The highest BCUT2D eigenvalue weighted by Gasteiger charge is 2.42. The maximum atomic E-state index is 11.8. The molecule has 1 atom stereocenters. The molecule has 0 amide bonds. The fourth-order valence-corrected chi connectivity index (χ4v) is 4.03. The van der Waals surface area contributed by atoms with Crippen LogP contribution in [-0.2, 0) is 14.8 Å². The summed E-state index contributed by atoms with van der Waals surface area (Å²) in [6.45, 7) is 1.26. The Labute approximate surface area is 105 Å². The van der Waals surface area contributed by atoms with Crippen LogP contribution in [-0.4, -0.2) is 38.8 Å². The third-order valence-electron chi connectivity index (χ3n) is 3.34. The number of alkyl halides is 1. The van der Waals surface area contributed by atoms with Crippen LogP contribution in [0.4, 0.5) is 0 Å². The monoisotopic (exact) mass is 311 g/mol. The maximum Gasteiger partial charge on any atom is 0.214 e. The fraction of sp³-hybridized carbons (Fsp3) is 1.00. The van der Waals surface area contributed by atoms with Crippen molar-refractivity contribution < 1.29 is 13.2 Å². The minimum Gasteiger partial charge on any atom is -0.377 e. The number of hydrogen-bond acceptors (Lipinski definition) is 3. The highest BCUT2D eigenvalue weighted by atomic mass is 79.9. The van der Waals surface area contributed by atoms with Crippen LogP contribution in [0, 0.1) is 5.41 Å². The smallest absolute Gasteiger partial charge is 0.214 e. The second kappa shape index (κ2) is 4.92. The van der Waals surface area contributed by atoms with E-state index in [-0.39, 0.29) is 17.3 Å². The molecule has 0 aromatic carbocycles. The van der Waals surface area contributed by atoms with Crippen molar-refractivity contribution in [1.29, 1.82) is 0 Å². The van der Waals surface area contributed by atoms with Crippen LogP contribution in [0.25, 0.3) is 0 Å². The molecule has 0 radical (unpaired) electrons. The molecule has 2 rings (SSSR count). The lowest BCUT2D eigenvalue weighted by Crippen LogP contribution is -2.36. The van der Waals surface area contributed by atoms with E-state index in [0.717, 1.165) is 31.0 Å². The van der Waals surface area contributed by atoms with Gasteiger partial charge in [-0.3, -0.25) is 0 Å². The van der Waals surface area contributed by atoms with Crippen molar-refractivity contribution in [2.45, 2.75) is 31.8 Å². The van der Waals surface area contributed by atoms with Crippen LogP contribution >= 0.6 is 15.9 Å². The van der Waals surface area contributed by atoms with Crippen molar-refractivity contribution in [3.8, 4) is 0 Å². The lowest BCUT2D eigenvalue weighted by atomic mass is 10.1. The first kappa shape index (κ1) is 12.8. The Morgan fingerprint density at radius 1 is 1.44 bits per heavy atom.